The van der Waals surface area contributed by atoms with Crippen LogP contribution in [0.15, 0.2) is 35.9 Å². The summed E-state index contributed by atoms with van der Waals surface area (Å²) in [6, 6.07) is 4.88. The molecule has 4 saturated carbocycles. The molecule has 11 rings (SSSR count). The average molecular weight is 1460 g/mol. The Hall–Kier alpha value is -4.25. The predicted molar refractivity (Wildman–Crippen MR) is 344 cm³/mol. The molecule has 9 fully saturated rings. The molecule has 16 N–H and O–H groups in total. The Labute approximate surface area is 589 Å². The van der Waals surface area contributed by atoms with Crippen LogP contribution >= 0.6 is 0 Å². The lowest BCUT2D eigenvalue weighted by Gasteiger charge is -2.71. The second-order valence-corrected chi connectivity index (χ2v) is 31.3. The van der Waals surface area contributed by atoms with Crippen molar-refractivity contribution in [3.63, 3.8) is 0 Å². The third kappa shape index (κ3) is 13.6. The summed E-state index contributed by atoms with van der Waals surface area (Å²) in [6.07, 6.45) is -37.1. The van der Waals surface area contributed by atoms with Gasteiger partial charge in [-0.1, -0.05) is 45.4 Å². The largest absolute Gasteiger partial charge is 0.493 e. The zero-order valence-corrected chi connectivity index (χ0v) is 58.6. The first-order valence-electron chi connectivity index (χ1n) is 35.2. The number of fused-ring (bicyclic) bond motifs is 7. The molecule has 0 amide bonds. The van der Waals surface area contributed by atoms with Crippen molar-refractivity contribution in [2.75, 3.05) is 40.6 Å². The van der Waals surface area contributed by atoms with Crippen LogP contribution in [0.25, 0.3) is 6.08 Å². The molecule has 34 atom stereocenters. The number of carbonyl (C=O) groups excluding carboxylic acids is 2. The van der Waals surface area contributed by atoms with E-state index in [1.807, 2.05) is 6.92 Å². The molecule has 0 spiro atoms. The van der Waals surface area contributed by atoms with Crippen molar-refractivity contribution in [3.8, 4) is 11.5 Å². The lowest BCUT2D eigenvalue weighted by Crippen LogP contribution is -2.71. The maximum Gasteiger partial charge on any atom is 0.331 e. The molecule has 5 saturated heterocycles. The molecule has 1 aromatic rings. The van der Waals surface area contributed by atoms with Gasteiger partial charge in [-0.05, 0) is 136 Å². The van der Waals surface area contributed by atoms with Crippen molar-refractivity contribution < 1.29 is 158 Å². The first-order chi connectivity index (χ1) is 48.0. The van der Waals surface area contributed by atoms with Crippen LogP contribution in [0, 0.1) is 50.2 Å². The smallest absolute Gasteiger partial charge is 0.331 e. The summed E-state index contributed by atoms with van der Waals surface area (Å²) in [6.45, 7) is 10.1. The number of carboxylic acids is 1. The molecule has 5 aliphatic heterocycles. The number of aliphatic hydroxyl groups excluding tert-OH is 15. The highest BCUT2D eigenvalue weighted by molar-refractivity contribution is 5.87. The van der Waals surface area contributed by atoms with E-state index in [1.54, 1.807) is 18.2 Å². The minimum absolute atomic E-state index is 0.00308. The minimum Gasteiger partial charge on any atom is -0.493 e. The van der Waals surface area contributed by atoms with Gasteiger partial charge in [0.15, 0.2) is 48.9 Å². The molecule has 5 aliphatic carbocycles. The van der Waals surface area contributed by atoms with Crippen molar-refractivity contribution in [1.29, 1.82) is 0 Å². The zero-order chi connectivity index (χ0) is 74.4. The SMILES string of the molecule is COc1ccc(/C=C/C(=O)O[C@@H]2[C@H](O)[C@H](O[C@@H]3O[C@@H](C)[C@H](O[C@H]4OC[C@@H](O[C@@H]5O[C@@H](CO)[C@H](O)[C@H](O)[C@H]5O)[C@H](O)[C@@H]4O)[C@@H](O)[C@H]3O)[C@H](OC(=O)[C@]34CCC(C)(C)C[C@H]3C3=CC[C@@H]5[C@@]6(C)C[C@H](O)[C@H](O[C@H]7O[C@@H](CO)[C@H](O)[C@H](O)[C@@H]7O)[C@@](C)(C(=O)O)[C@@H]6CC[C@@]5(C)[C@]3(CO)CC4)O[C@@H]2C)cc1OC. The molecule has 102 heavy (non-hydrogen) atoms. The van der Waals surface area contributed by atoms with Gasteiger partial charge in [-0.15, -0.1) is 0 Å². The number of esters is 2. The van der Waals surface area contributed by atoms with Gasteiger partial charge in [0, 0.05) is 11.5 Å². The van der Waals surface area contributed by atoms with Crippen LogP contribution in [0.3, 0.4) is 0 Å². The summed E-state index contributed by atoms with van der Waals surface area (Å²) in [7, 11) is 2.90. The van der Waals surface area contributed by atoms with Gasteiger partial charge in [-0.2, -0.15) is 0 Å². The third-order valence-electron chi connectivity index (χ3n) is 25.2. The number of carboxylic acid groups (broad SMARTS) is 1. The van der Waals surface area contributed by atoms with E-state index in [-0.39, 0.29) is 50.0 Å². The van der Waals surface area contributed by atoms with Crippen molar-refractivity contribution in [2.45, 2.75) is 266 Å². The van der Waals surface area contributed by atoms with E-state index >= 15 is 4.79 Å². The van der Waals surface area contributed by atoms with Crippen molar-refractivity contribution in [2.24, 2.45) is 50.2 Å². The number of aliphatic carboxylic acids is 1. The van der Waals surface area contributed by atoms with Gasteiger partial charge >= 0.3 is 17.9 Å². The topological polar surface area (TPSA) is 495 Å². The molecule has 0 radical (unpaired) electrons. The van der Waals surface area contributed by atoms with Gasteiger partial charge < -0.3 is 143 Å². The molecule has 0 bridgehead atoms. The number of allylic oxidation sites excluding steroid dienone is 1. The monoisotopic (exact) mass is 1460 g/mol. The van der Waals surface area contributed by atoms with Gasteiger partial charge in [-0.3, -0.25) is 9.59 Å². The van der Waals surface area contributed by atoms with Gasteiger partial charge in [0.25, 0.3) is 0 Å². The molecule has 1 aromatic carbocycles. The Balaban J connectivity index is 0.850. The minimum atomic E-state index is -2.08. The first kappa shape index (κ1) is 78.8. The van der Waals surface area contributed by atoms with E-state index < -0.39 is 236 Å². The lowest BCUT2D eigenvalue weighted by molar-refractivity contribution is -0.378. The molecule has 576 valence electrons. The quantitative estimate of drug-likeness (QED) is 0.0302. The first-order valence-corrected chi connectivity index (χ1v) is 35.2. The van der Waals surface area contributed by atoms with Crippen LogP contribution in [-0.4, -0.2) is 300 Å². The number of ether oxygens (including phenoxy) is 13. The Morgan fingerprint density at radius 2 is 1.16 bits per heavy atom. The van der Waals surface area contributed by atoms with Crippen LogP contribution in [0.4, 0.5) is 0 Å². The fourth-order valence-corrected chi connectivity index (χ4v) is 19.3. The van der Waals surface area contributed by atoms with Crippen molar-refractivity contribution in [1.82, 2.24) is 0 Å². The number of hydrogen-bond acceptors (Lipinski definition) is 31. The number of carbonyl (C=O) groups is 3. The van der Waals surface area contributed by atoms with Crippen LogP contribution in [-0.2, 0) is 66.5 Å². The highest BCUT2D eigenvalue weighted by Gasteiger charge is 2.74. The number of benzene rings is 1. The summed E-state index contributed by atoms with van der Waals surface area (Å²) in [5, 5.41) is 178. The van der Waals surface area contributed by atoms with Gasteiger partial charge in [0.1, 0.15) is 97.7 Å². The number of rotatable bonds is 19. The highest BCUT2D eigenvalue weighted by atomic mass is 16.8. The second-order valence-electron chi connectivity index (χ2n) is 31.3. The maximum atomic E-state index is 15.9. The Bertz CT molecular complexity index is 3190. The predicted octanol–water partition coefficient (Wildman–Crippen LogP) is -2.23. The Kier molecular flexibility index (Phi) is 23.2. The lowest BCUT2D eigenvalue weighted by atomic mass is 9.33. The van der Waals surface area contributed by atoms with Gasteiger partial charge in [-0.25, -0.2) is 4.79 Å². The standard InChI is InChI=1S/C70H104O32/c1-29-54(99-58-49(82)45(78)39(27-92-58)97-60-50(83)46(79)43(76)37(25-71)95-60)48(81)52(85)59(93-29)100-56-53(86)55(98-42(75)15-11-31-10-13-35(90-8)36(22-31)91-9)30(2)94-62(56)102-64(89)69-19-18-65(3,4)23-33(69)32-12-14-40-66(5)24-34(74)57(101-61-51(84)47(80)44(77)38(26-72)96-61)68(7,63(87)88)41(66)16-17-67(40,6)70(32,28-73)21-20-69/h10-13,15,22,29-30,33-34,37-41,43-62,71-74,76-86H,14,16-21,23-28H2,1-9H3,(H,87,88)/b15-11+/t29-,30+,33-,34-,37-,38-,39+,40+,41+,43-,44-,45-,46-,47-,48-,49-,50+,51-,52+,53-,54-,55-,56-,57-,58+,59-,60-,61+,62-,66+,67+,68-,69-,70-/m0/s1. The fourth-order valence-electron chi connectivity index (χ4n) is 19.3. The molecular formula is C70H104O32. The fraction of sp³-hybridized carbons (Fsp3) is 0.814. The van der Waals surface area contributed by atoms with Crippen LogP contribution in [0.2, 0.25) is 0 Å². The van der Waals surface area contributed by atoms with Gasteiger partial charge in [0.05, 0.1) is 69.8 Å². The summed E-state index contributed by atoms with van der Waals surface area (Å²) >= 11 is 0. The van der Waals surface area contributed by atoms with Crippen molar-refractivity contribution >= 4 is 24.0 Å². The molecule has 0 aromatic heterocycles. The third-order valence-corrected chi connectivity index (χ3v) is 25.2. The number of aliphatic hydroxyl groups is 15. The number of hydrogen-bond donors (Lipinski definition) is 16. The summed E-state index contributed by atoms with van der Waals surface area (Å²) in [4.78, 5) is 43.6. The Morgan fingerprint density at radius 3 is 1.77 bits per heavy atom. The second kappa shape index (κ2) is 30.1. The van der Waals surface area contributed by atoms with Crippen LogP contribution in [0.5, 0.6) is 11.5 Å². The van der Waals surface area contributed by atoms with E-state index in [0.717, 1.165) is 11.6 Å². The normalized spacial score (nSPS) is 48.6. The molecule has 10 aliphatic rings. The van der Waals surface area contributed by atoms with E-state index in [4.69, 9.17) is 61.6 Å². The molecule has 0 unspecified atom stereocenters. The molecule has 32 heteroatoms. The van der Waals surface area contributed by atoms with Crippen LogP contribution in [0.1, 0.15) is 112 Å². The Morgan fingerprint density at radius 1 is 0.578 bits per heavy atom. The van der Waals surface area contributed by atoms with E-state index in [2.05, 4.69) is 26.8 Å². The van der Waals surface area contributed by atoms with Gasteiger partial charge in [0.2, 0.25) is 6.29 Å². The van der Waals surface area contributed by atoms with E-state index in [1.165, 1.54) is 41.1 Å². The maximum absolute atomic E-state index is 15.9. The highest BCUT2D eigenvalue weighted by Crippen LogP contribution is 2.76. The van der Waals surface area contributed by atoms with E-state index in [0.29, 0.717) is 42.7 Å². The molecular weight excluding hydrogens is 1350 g/mol. The average Bonchev–Trinajstić information content (AvgIpc) is 0.669. The van der Waals surface area contributed by atoms with Crippen molar-refractivity contribution in [3.05, 3.63) is 41.5 Å². The molecule has 5 heterocycles. The summed E-state index contributed by atoms with van der Waals surface area (Å²) < 4.78 is 76.7. The molecule has 32 nitrogen and oxygen atoms in total. The summed E-state index contributed by atoms with van der Waals surface area (Å²) in [5.41, 5.74) is -5.03. The summed E-state index contributed by atoms with van der Waals surface area (Å²) in [5.74, 6) is -3.91. The number of methoxy groups -OCH3 is 2. The van der Waals surface area contributed by atoms with E-state index in [9.17, 15) is 91.3 Å². The van der Waals surface area contributed by atoms with Crippen LogP contribution < -0.4 is 9.47 Å². The zero-order valence-electron chi connectivity index (χ0n) is 58.6.